The van der Waals surface area contributed by atoms with Crippen molar-refractivity contribution in [1.29, 1.82) is 0 Å². The van der Waals surface area contributed by atoms with E-state index in [0.29, 0.717) is 17.0 Å². The first-order valence-electron chi connectivity index (χ1n) is 5.40. The van der Waals surface area contributed by atoms with Gasteiger partial charge in [0.1, 0.15) is 11.3 Å². The van der Waals surface area contributed by atoms with E-state index >= 15 is 0 Å². The molecule has 4 nitrogen and oxygen atoms in total. The fourth-order valence-electron chi connectivity index (χ4n) is 1.89. The van der Waals surface area contributed by atoms with Gasteiger partial charge >= 0.3 is 0 Å². The van der Waals surface area contributed by atoms with E-state index in [1.807, 2.05) is 13.0 Å². The first-order valence-corrected chi connectivity index (χ1v) is 6.20. The highest BCUT2D eigenvalue weighted by Gasteiger charge is 2.15. The Morgan fingerprint density at radius 1 is 1.39 bits per heavy atom. The Bertz CT molecular complexity index is 633. The number of aryl methyl sites for hydroxylation is 2. The van der Waals surface area contributed by atoms with E-state index in [1.165, 1.54) is 4.57 Å². The maximum absolute atomic E-state index is 12.2. The molecule has 0 unspecified atom stereocenters. The lowest BCUT2D eigenvalue weighted by Gasteiger charge is -2.12. The van der Waals surface area contributed by atoms with E-state index in [0.717, 1.165) is 10.0 Å². The van der Waals surface area contributed by atoms with Crippen LogP contribution >= 0.6 is 15.9 Å². The van der Waals surface area contributed by atoms with Crippen LogP contribution in [-0.2, 0) is 7.05 Å². The van der Waals surface area contributed by atoms with E-state index in [2.05, 4.69) is 20.9 Å². The van der Waals surface area contributed by atoms with Crippen molar-refractivity contribution < 1.29 is 4.74 Å². The molecular weight excluding hydrogens is 296 g/mol. The van der Waals surface area contributed by atoms with Crippen LogP contribution in [0.1, 0.15) is 5.56 Å². The zero-order valence-electron chi connectivity index (χ0n) is 10.4. The van der Waals surface area contributed by atoms with Crippen LogP contribution in [-0.4, -0.2) is 16.7 Å². The summed E-state index contributed by atoms with van der Waals surface area (Å²) in [7, 11) is 3.28. The fraction of sp³-hybridized carbons (Fsp3) is 0.231. The van der Waals surface area contributed by atoms with Gasteiger partial charge in [-0.2, -0.15) is 0 Å². The zero-order valence-corrected chi connectivity index (χ0v) is 12.0. The van der Waals surface area contributed by atoms with Crippen molar-refractivity contribution in [3.63, 3.8) is 0 Å². The fourth-order valence-corrected chi connectivity index (χ4v) is 2.13. The number of pyridine rings is 2. The van der Waals surface area contributed by atoms with E-state index in [9.17, 15) is 4.79 Å². The van der Waals surface area contributed by atoms with Crippen LogP contribution in [0.15, 0.2) is 33.8 Å². The van der Waals surface area contributed by atoms with Gasteiger partial charge < -0.3 is 9.30 Å². The number of hydrogen-bond acceptors (Lipinski definition) is 3. The van der Waals surface area contributed by atoms with Crippen LogP contribution in [0.4, 0.5) is 0 Å². The van der Waals surface area contributed by atoms with Gasteiger partial charge in [-0.3, -0.25) is 9.78 Å². The van der Waals surface area contributed by atoms with Crippen LogP contribution in [0, 0.1) is 6.92 Å². The monoisotopic (exact) mass is 308 g/mol. The molecule has 0 saturated heterocycles. The van der Waals surface area contributed by atoms with Gasteiger partial charge in [-0.25, -0.2) is 0 Å². The second-order valence-corrected chi connectivity index (χ2v) is 4.91. The summed E-state index contributed by atoms with van der Waals surface area (Å²) < 4.78 is 7.74. The van der Waals surface area contributed by atoms with Gasteiger partial charge in [0.05, 0.1) is 12.8 Å². The molecule has 2 aromatic heterocycles. The Kier molecular flexibility index (Phi) is 3.52. The van der Waals surface area contributed by atoms with E-state index in [4.69, 9.17) is 4.74 Å². The summed E-state index contributed by atoms with van der Waals surface area (Å²) in [6.07, 6.45) is 3.42. The predicted molar refractivity (Wildman–Crippen MR) is 73.9 cm³/mol. The summed E-state index contributed by atoms with van der Waals surface area (Å²) in [4.78, 5) is 16.5. The Labute approximate surface area is 113 Å². The predicted octanol–water partition coefficient (Wildman–Crippen LogP) is 2.53. The Morgan fingerprint density at radius 2 is 2.11 bits per heavy atom. The first kappa shape index (κ1) is 12.8. The molecule has 0 amide bonds. The first-order chi connectivity index (χ1) is 8.54. The Balaban J connectivity index is 2.76. The highest BCUT2D eigenvalue weighted by molar-refractivity contribution is 9.10. The molecule has 0 aromatic carbocycles. The van der Waals surface area contributed by atoms with Crippen molar-refractivity contribution in [3.05, 3.63) is 44.9 Å². The van der Waals surface area contributed by atoms with Gasteiger partial charge in [-0.15, -0.1) is 0 Å². The summed E-state index contributed by atoms with van der Waals surface area (Å²) in [5.74, 6) is 0.577. The summed E-state index contributed by atoms with van der Waals surface area (Å²) in [5.41, 5.74) is 1.89. The molecule has 0 N–H and O–H groups in total. The molecule has 18 heavy (non-hydrogen) atoms. The van der Waals surface area contributed by atoms with Crippen molar-refractivity contribution in [2.75, 3.05) is 7.11 Å². The lowest BCUT2D eigenvalue weighted by Crippen LogP contribution is -2.20. The summed E-state index contributed by atoms with van der Waals surface area (Å²) in [5, 5.41) is 0. The van der Waals surface area contributed by atoms with Crippen molar-refractivity contribution in [1.82, 2.24) is 9.55 Å². The minimum Gasteiger partial charge on any atom is -0.496 e. The molecule has 0 radical (unpaired) electrons. The van der Waals surface area contributed by atoms with E-state index in [-0.39, 0.29) is 5.56 Å². The highest BCUT2D eigenvalue weighted by atomic mass is 79.9. The molecule has 0 aliphatic rings. The second-order valence-electron chi connectivity index (χ2n) is 4.00. The molecule has 0 atom stereocenters. The molecule has 2 aromatic rings. The van der Waals surface area contributed by atoms with Crippen LogP contribution in [0.3, 0.4) is 0 Å². The quantitative estimate of drug-likeness (QED) is 0.856. The van der Waals surface area contributed by atoms with Crippen LogP contribution in [0.2, 0.25) is 0 Å². The molecule has 94 valence electrons. The maximum Gasteiger partial charge on any atom is 0.263 e. The zero-order chi connectivity index (χ0) is 13.3. The Morgan fingerprint density at radius 3 is 2.67 bits per heavy atom. The molecule has 0 fully saturated rings. The maximum atomic E-state index is 12.2. The average Bonchev–Trinajstić information content (AvgIpc) is 2.35. The molecule has 0 bridgehead atoms. The van der Waals surface area contributed by atoms with E-state index < -0.39 is 0 Å². The SMILES string of the molecule is COc1c(C)cn(C)c(=O)c1-c1ccc(Br)cn1. The number of hydrogen-bond donors (Lipinski definition) is 0. The summed E-state index contributed by atoms with van der Waals surface area (Å²) >= 11 is 3.32. The smallest absolute Gasteiger partial charge is 0.263 e. The molecule has 0 saturated carbocycles. The topological polar surface area (TPSA) is 44.1 Å². The van der Waals surface area contributed by atoms with Gasteiger partial charge in [0, 0.05) is 29.5 Å². The number of halogens is 1. The van der Waals surface area contributed by atoms with Crippen molar-refractivity contribution >= 4 is 15.9 Å². The number of methoxy groups -OCH3 is 1. The molecule has 5 heteroatoms. The third-order valence-corrected chi connectivity index (χ3v) is 3.16. The van der Waals surface area contributed by atoms with Crippen molar-refractivity contribution in [2.45, 2.75) is 6.92 Å². The minimum atomic E-state index is -0.118. The van der Waals surface area contributed by atoms with Gasteiger partial charge in [-0.1, -0.05) is 0 Å². The third-order valence-electron chi connectivity index (χ3n) is 2.69. The van der Waals surface area contributed by atoms with E-state index in [1.54, 1.807) is 32.6 Å². The van der Waals surface area contributed by atoms with Crippen molar-refractivity contribution in [2.24, 2.45) is 7.05 Å². The van der Waals surface area contributed by atoms with Crippen LogP contribution in [0.25, 0.3) is 11.3 Å². The van der Waals surface area contributed by atoms with Crippen LogP contribution < -0.4 is 10.3 Å². The second kappa shape index (κ2) is 4.94. The molecule has 2 heterocycles. The normalized spacial score (nSPS) is 10.4. The molecule has 2 rings (SSSR count). The number of rotatable bonds is 2. The number of aromatic nitrogens is 2. The van der Waals surface area contributed by atoms with Crippen molar-refractivity contribution in [3.8, 4) is 17.0 Å². The van der Waals surface area contributed by atoms with Gasteiger partial charge in [0.15, 0.2) is 0 Å². The Hall–Kier alpha value is -1.62. The standard InChI is InChI=1S/C13H13BrN2O2/c1-8-7-16(2)13(17)11(12(8)18-3)10-5-4-9(14)6-15-10/h4-7H,1-3H3. The van der Waals surface area contributed by atoms with Gasteiger partial charge in [0.2, 0.25) is 0 Å². The number of nitrogens with zero attached hydrogens (tertiary/aromatic N) is 2. The lowest BCUT2D eigenvalue weighted by atomic mass is 10.1. The highest BCUT2D eigenvalue weighted by Crippen LogP contribution is 2.28. The van der Waals surface area contributed by atoms with Gasteiger partial charge in [-0.05, 0) is 35.0 Å². The largest absolute Gasteiger partial charge is 0.496 e. The molecule has 0 aliphatic heterocycles. The molecular formula is C13H13BrN2O2. The molecule has 0 spiro atoms. The average molecular weight is 309 g/mol. The third kappa shape index (κ3) is 2.18. The summed E-state index contributed by atoms with van der Waals surface area (Å²) in [6.45, 7) is 1.90. The minimum absolute atomic E-state index is 0.118. The molecule has 0 aliphatic carbocycles. The number of ether oxygens (including phenoxy) is 1. The lowest BCUT2D eigenvalue weighted by molar-refractivity contribution is 0.411. The van der Waals surface area contributed by atoms with Gasteiger partial charge in [0.25, 0.3) is 5.56 Å². The van der Waals surface area contributed by atoms with Crippen LogP contribution in [0.5, 0.6) is 5.75 Å². The summed E-state index contributed by atoms with van der Waals surface area (Å²) in [6, 6.07) is 3.65.